The zero-order valence-electron chi connectivity index (χ0n) is 15.3. The number of aryl methyl sites for hydroxylation is 1. The Bertz CT molecular complexity index is 794. The third kappa shape index (κ3) is 3.53. The molecule has 4 rings (SSSR count). The smallest absolute Gasteiger partial charge is 0.137 e. The maximum absolute atomic E-state index is 6.40. The van der Waals surface area contributed by atoms with Crippen molar-refractivity contribution in [2.45, 2.75) is 25.2 Å². The quantitative estimate of drug-likeness (QED) is 0.736. The van der Waals surface area contributed by atoms with Gasteiger partial charge in [0.2, 0.25) is 0 Å². The Balaban J connectivity index is 0.00000196. The minimum Gasteiger partial charge on any atom is -0.495 e. The molecule has 3 nitrogen and oxygen atoms in total. The second-order valence-electron chi connectivity index (χ2n) is 7.04. The number of hydrogen-bond acceptors (Lipinski definition) is 3. The molecule has 0 radical (unpaired) electrons. The Morgan fingerprint density at radius 2 is 2.00 bits per heavy atom. The van der Waals surface area contributed by atoms with Crippen LogP contribution in [-0.2, 0) is 12.8 Å². The zero-order valence-corrected chi connectivity index (χ0v) is 16.8. The van der Waals surface area contributed by atoms with Crippen LogP contribution in [0.3, 0.4) is 0 Å². The van der Waals surface area contributed by atoms with Crippen LogP contribution >= 0.6 is 24.0 Å². The van der Waals surface area contributed by atoms with E-state index in [4.69, 9.17) is 21.1 Å². The second kappa shape index (κ2) is 8.08. The van der Waals surface area contributed by atoms with Gasteiger partial charge in [0, 0.05) is 24.6 Å². The monoisotopic (exact) mass is 393 g/mol. The van der Waals surface area contributed by atoms with Crippen LogP contribution < -0.4 is 9.47 Å². The number of benzene rings is 2. The molecule has 26 heavy (non-hydrogen) atoms. The van der Waals surface area contributed by atoms with Crippen molar-refractivity contribution >= 4 is 24.0 Å². The maximum atomic E-state index is 6.40. The molecule has 0 fully saturated rings. The number of fused-ring (bicyclic) bond motifs is 2. The summed E-state index contributed by atoms with van der Waals surface area (Å²) in [5.74, 6) is 2.11. The van der Waals surface area contributed by atoms with Gasteiger partial charge in [0.1, 0.15) is 11.5 Å². The predicted molar refractivity (Wildman–Crippen MR) is 109 cm³/mol. The lowest BCUT2D eigenvalue weighted by atomic mass is 9.85. The highest BCUT2D eigenvalue weighted by atomic mass is 35.5. The molecule has 0 spiro atoms. The van der Waals surface area contributed by atoms with Crippen molar-refractivity contribution in [1.29, 1.82) is 0 Å². The van der Waals surface area contributed by atoms with Gasteiger partial charge < -0.3 is 14.4 Å². The summed E-state index contributed by atoms with van der Waals surface area (Å²) >= 11 is 6.40. The minimum atomic E-state index is 0. The fourth-order valence-electron chi connectivity index (χ4n) is 4.07. The van der Waals surface area contributed by atoms with Crippen LogP contribution in [0.4, 0.5) is 0 Å². The van der Waals surface area contributed by atoms with Crippen molar-refractivity contribution in [3.05, 3.63) is 57.6 Å². The molecule has 0 saturated carbocycles. The molecule has 0 bridgehead atoms. The van der Waals surface area contributed by atoms with E-state index in [2.05, 4.69) is 42.3 Å². The summed E-state index contributed by atoms with van der Waals surface area (Å²) in [6, 6.07) is 10.8. The summed E-state index contributed by atoms with van der Waals surface area (Å²) in [6.07, 6.45) is 3.20. The van der Waals surface area contributed by atoms with Crippen LogP contribution in [0, 0.1) is 0 Å². The third-order valence-electron chi connectivity index (χ3n) is 5.39. The molecule has 2 aromatic carbocycles. The van der Waals surface area contributed by atoms with Gasteiger partial charge in [0.25, 0.3) is 0 Å². The Kier molecular flexibility index (Phi) is 6.01. The lowest BCUT2D eigenvalue weighted by Crippen LogP contribution is -2.25. The molecule has 2 heterocycles. The third-order valence-corrected chi connectivity index (χ3v) is 5.68. The summed E-state index contributed by atoms with van der Waals surface area (Å²) in [5.41, 5.74) is 5.25. The topological polar surface area (TPSA) is 21.7 Å². The van der Waals surface area contributed by atoms with Gasteiger partial charge in [-0.05, 0) is 55.1 Å². The second-order valence-corrected chi connectivity index (χ2v) is 7.45. The first-order chi connectivity index (χ1) is 12.2. The Morgan fingerprint density at radius 1 is 1.15 bits per heavy atom. The highest BCUT2D eigenvalue weighted by molar-refractivity contribution is 6.32. The maximum Gasteiger partial charge on any atom is 0.137 e. The van der Waals surface area contributed by atoms with Gasteiger partial charge in [-0.15, -0.1) is 12.4 Å². The molecule has 0 saturated heterocycles. The first kappa shape index (κ1) is 19.3. The molecule has 2 aromatic rings. The SMILES string of the molecule is COc1cc2c(cc1Cl)CCN(C)CC2c1cccc2c1OCCC2.Cl. The lowest BCUT2D eigenvalue weighted by Gasteiger charge is -2.27. The van der Waals surface area contributed by atoms with Gasteiger partial charge in [0.05, 0.1) is 18.7 Å². The van der Waals surface area contributed by atoms with Crippen molar-refractivity contribution < 1.29 is 9.47 Å². The molecule has 5 heteroatoms. The average Bonchev–Trinajstić information content (AvgIpc) is 2.79. The number of para-hydroxylation sites is 1. The van der Waals surface area contributed by atoms with Gasteiger partial charge in [-0.1, -0.05) is 29.8 Å². The molecule has 1 atom stereocenters. The van der Waals surface area contributed by atoms with Gasteiger partial charge in [-0.25, -0.2) is 0 Å². The van der Waals surface area contributed by atoms with Gasteiger partial charge >= 0.3 is 0 Å². The van der Waals surface area contributed by atoms with Crippen LogP contribution in [0.1, 0.15) is 34.6 Å². The molecule has 2 aliphatic rings. The molecular formula is C21H25Cl2NO2. The van der Waals surface area contributed by atoms with Crippen molar-refractivity contribution in [1.82, 2.24) is 4.90 Å². The van der Waals surface area contributed by atoms with Gasteiger partial charge in [-0.3, -0.25) is 0 Å². The van der Waals surface area contributed by atoms with Crippen LogP contribution in [0.5, 0.6) is 11.5 Å². The number of rotatable bonds is 2. The van der Waals surface area contributed by atoms with E-state index in [1.165, 1.54) is 22.3 Å². The van der Waals surface area contributed by atoms with Crippen molar-refractivity contribution in [2.24, 2.45) is 0 Å². The molecule has 2 aliphatic heterocycles. The fraction of sp³-hybridized carbons (Fsp3) is 0.429. The summed E-state index contributed by atoms with van der Waals surface area (Å²) in [4.78, 5) is 2.40. The normalized spacial score (nSPS) is 19.4. The average molecular weight is 394 g/mol. The molecule has 140 valence electrons. The Hall–Kier alpha value is -1.42. The number of halogens is 2. The van der Waals surface area contributed by atoms with E-state index in [0.29, 0.717) is 5.02 Å². The predicted octanol–water partition coefficient (Wildman–Crippen LogP) is 4.72. The number of nitrogens with zero attached hydrogens (tertiary/aromatic N) is 1. The van der Waals surface area contributed by atoms with Crippen LogP contribution in [-0.4, -0.2) is 38.8 Å². The summed E-state index contributed by atoms with van der Waals surface area (Å²) in [7, 11) is 3.87. The molecular weight excluding hydrogens is 369 g/mol. The summed E-state index contributed by atoms with van der Waals surface area (Å²) < 4.78 is 11.6. The summed E-state index contributed by atoms with van der Waals surface area (Å²) in [6.45, 7) is 2.81. The Labute approximate surface area is 166 Å². The first-order valence-electron chi connectivity index (χ1n) is 8.97. The standard InChI is InChI=1S/C21H24ClNO2.ClH/c1-23-9-8-15-11-19(22)20(24-2)12-17(15)18(13-23)16-7-3-5-14-6-4-10-25-21(14)16;/h3,5,7,11-12,18H,4,6,8-10,13H2,1-2H3;1H. The highest BCUT2D eigenvalue weighted by Crippen LogP contribution is 2.42. The molecule has 0 amide bonds. The molecule has 1 unspecified atom stereocenters. The van der Waals surface area contributed by atoms with Crippen molar-refractivity contribution in [3.8, 4) is 11.5 Å². The van der Waals surface area contributed by atoms with Crippen LogP contribution in [0.25, 0.3) is 0 Å². The van der Waals surface area contributed by atoms with E-state index in [0.717, 1.165) is 50.5 Å². The van der Waals surface area contributed by atoms with Crippen LogP contribution in [0.2, 0.25) is 5.02 Å². The summed E-state index contributed by atoms with van der Waals surface area (Å²) in [5, 5.41) is 0.691. The largest absolute Gasteiger partial charge is 0.495 e. The van der Waals surface area contributed by atoms with Gasteiger partial charge in [-0.2, -0.15) is 0 Å². The molecule has 0 aliphatic carbocycles. The first-order valence-corrected chi connectivity index (χ1v) is 9.34. The van der Waals surface area contributed by atoms with E-state index < -0.39 is 0 Å². The number of methoxy groups -OCH3 is 1. The van der Waals surface area contributed by atoms with E-state index in [9.17, 15) is 0 Å². The number of ether oxygens (including phenoxy) is 2. The Morgan fingerprint density at radius 3 is 2.81 bits per heavy atom. The zero-order chi connectivity index (χ0) is 17.4. The molecule has 0 N–H and O–H groups in total. The highest BCUT2D eigenvalue weighted by Gasteiger charge is 2.28. The van der Waals surface area contributed by atoms with Crippen LogP contribution in [0.15, 0.2) is 30.3 Å². The van der Waals surface area contributed by atoms with Crippen molar-refractivity contribution in [2.75, 3.05) is 33.9 Å². The van der Waals surface area contributed by atoms with Gasteiger partial charge in [0.15, 0.2) is 0 Å². The van der Waals surface area contributed by atoms with E-state index in [-0.39, 0.29) is 18.3 Å². The number of likely N-dealkylation sites (N-methyl/N-ethyl adjacent to an activating group) is 1. The van der Waals surface area contributed by atoms with E-state index in [1.807, 2.05) is 0 Å². The van der Waals surface area contributed by atoms with Crippen molar-refractivity contribution in [3.63, 3.8) is 0 Å². The minimum absolute atomic E-state index is 0. The fourth-order valence-corrected chi connectivity index (χ4v) is 4.34. The molecule has 0 aromatic heterocycles. The lowest BCUT2D eigenvalue weighted by molar-refractivity contribution is 0.280. The van der Waals surface area contributed by atoms with E-state index in [1.54, 1.807) is 7.11 Å². The number of hydrogen-bond donors (Lipinski definition) is 0. The van der Waals surface area contributed by atoms with E-state index >= 15 is 0 Å².